The monoisotopic (exact) mass is 621 g/mol. The molecular weight excluding hydrogens is 592 g/mol. The standard InChI is InChI=1S/C23H30BrF2N5O6S/c1-3-31(4-2)18(34)10-14(33)9-13(32)5-6-28-23(36)29-22-19(20(27)35)21(30-38-22)37-11-15-16(25)7-12(24)8-17(15)26/h7-8,13-14,32-33H,3-6,9-11H2,1-2H3,(H2,27,35)(H2,28,29,36)/t13-,14-/m1/s1. The largest absolute Gasteiger partial charge is 0.471 e. The number of amides is 4. The fourth-order valence-electron chi connectivity index (χ4n) is 3.45. The van der Waals surface area contributed by atoms with Gasteiger partial charge in [-0.2, -0.15) is 4.37 Å². The summed E-state index contributed by atoms with van der Waals surface area (Å²) in [5, 5.41) is 25.0. The maximum absolute atomic E-state index is 14.0. The molecule has 0 aliphatic carbocycles. The second kappa shape index (κ2) is 14.9. The molecule has 0 radical (unpaired) electrons. The molecule has 38 heavy (non-hydrogen) atoms. The molecule has 4 amide bonds. The van der Waals surface area contributed by atoms with Crippen LogP contribution in [0, 0.1) is 11.6 Å². The predicted molar refractivity (Wildman–Crippen MR) is 140 cm³/mol. The summed E-state index contributed by atoms with van der Waals surface area (Å²) in [4.78, 5) is 37.8. The summed E-state index contributed by atoms with van der Waals surface area (Å²) in [5.41, 5.74) is 4.72. The molecule has 2 atom stereocenters. The number of carbonyl (C=O) groups excluding carboxylic acids is 3. The molecule has 0 unspecified atom stereocenters. The minimum absolute atomic E-state index is 0.0138. The van der Waals surface area contributed by atoms with Gasteiger partial charge in [0.1, 0.15) is 28.8 Å². The van der Waals surface area contributed by atoms with Crippen LogP contribution < -0.4 is 21.1 Å². The Morgan fingerprint density at radius 3 is 2.39 bits per heavy atom. The quantitative estimate of drug-likeness (QED) is 0.216. The number of ether oxygens (including phenoxy) is 1. The van der Waals surface area contributed by atoms with Crippen LogP contribution in [0.25, 0.3) is 0 Å². The van der Waals surface area contributed by atoms with Crippen LogP contribution in [0.1, 0.15) is 49.0 Å². The van der Waals surface area contributed by atoms with Gasteiger partial charge < -0.3 is 30.9 Å². The number of benzene rings is 1. The Kier molecular flexibility index (Phi) is 12.3. The summed E-state index contributed by atoms with van der Waals surface area (Å²) in [6.07, 6.45) is -2.07. The van der Waals surface area contributed by atoms with Gasteiger partial charge in [-0.3, -0.25) is 14.9 Å². The zero-order valence-corrected chi connectivity index (χ0v) is 23.2. The van der Waals surface area contributed by atoms with E-state index in [1.807, 2.05) is 13.8 Å². The minimum Gasteiger partial charge on any atom is -0.471 e. The zero-order chi connectivity index (χ0) is 28.4. The minimum atomic E-state index is -1.03. The van der Waals surface area contributed by atoms with Crippen molar-refractivity contribution in [1.82, 2.24) is 14.6 Å². The van der Waals surface area contributed by atoms with Gasteiger partial charge in [0.05, 0.1) is 24.2 Å². The molecule has 0 fully saturated rings. The topological polar surface area (TPSA) is 167 Å². The summed E-state index contributed by atoms with van der Waals surface area (Å²) in [6.45, 7) is 4.15. The highest BCUT2D eigenvalue weighted by Crippen LogP contribution is 2.31. The molecule has 1 aromatic carbocycles. The van der Waals surface area contributed by atoms with Gasteiger partial charge in [0, 0.05) is 24.1 Å². The maximum atomic E-state index is 14.0. The van der Waals surface area contributed by atoms with Gasteiger partial charge in [0.15, 0.2) is 0 Å². The van der Waals surface area contributed by atoms with E-state index >= 15 is 0 Å². The van der Waals surface area contributed by atoms with E-state index in [-0.39, 0.29) is 58.2 Å². The van der Waals surface area contributed by atoms with E-state index in [4.69, 9.17) is 10.5 Å². The molecule has 15 heteroatoms. The summed E-state index contributed by atoms with van der Waals surface area (Å²) < 4.78 is 37.5. The van der Waals surface area contributed by atoms with Crippen LogP contribution in [-0.4, -0.2) is 69.2 Å². The van der Waals surface area contributed by atoms with Crippen LogP contribution in [0.3, 0.4) is 0 Å². The number of aliphatic hydroxyl groups is 2. The first kappa shape index (κ1) is 31.3. The Morgan fingerprint density at radius 2 is 1.82 bits per heavy atom. The van der Waals surface area contributed by atoms with E-state index in [0.717, 1.165) is 12.1 Å². The van der Waals surface area contributed by atoms with Gasteiger partial charge in [-0.05, 0) is 50.4 Å². The second-order valence-corrected chi connectivity index (χ2v) is 9.86. The second-order valence-electron chi connectivity index (χ2n) is 8.18. The SMILES string of the molecule is CCN(CC)C(=O)C[C@H](O)C[C@H](O)CCNC(=O)Nc1snc(OCc2c(F)cc(Br)cc2F)c1C(N)=O. The lowest BCUT2D eigenvalue weighted by Gasteiger charge is -2.21. The maximum Gasteiger partial charge on any atom is 0.319 e. The van der Waals surface area contributed by atoms with Crippen molar-refractivity contribution in [3.8, 4) is 5.88 Å². The van der Waals surface area contributed by atoms with Crippen LogP contribution in [0.5, 0.6) is 5.88 Å². The highest BCUT2D eigenvalue weighted by molar-refractivity contribution is 9.10. The zero-order valence-electron chi connectivity index (χ0n) is 20.8. The van der Waals surface area contributed by atoms with Crippen molar-refractivity contribution >= 4 is 50.3 Å². The van der Waals surface area contributed by atoms with Gasteiger partial charge in [0.25, 0.3) is 5.91 Å². The predicted octanol–water partition coefficient (Wildman–Crippen LogP) is 2.74. The average molecular weight is 622 g/mol. The molecule has 6 N–H and O–H groups in total. The van der Waals surface area contributed by atoms with Crippen LogP contribution in [0.15, 0.2) is 16.6 Å². The molecule has 1 heterocycles. The Labute approximate surface area is 230 Å². The number of aromatic nitrogens is 1. The van der Waals surface area contributed by atoms with Crippen LogP contribution >= 0.6 is 27.5 Å². The molecule has 2 aromatic rings. The fourth-order valence-corrected chi connectivity index (χ4v) is 4.59. The molecule has 0 saturated carbocycles. The molecule has 0 bridgehead atoms. The number of anilines is 1. The Hall–Kier alpha value is -2.88. The number of hydrogen-bond donors (Lipinski definition) is 5. The summed E-state index contributed by atoms with van der Waals surface area (Å²) >= 11 is 3.65. The molecule has 11 nitrogen and oxygen atoms in total. The van der Waals surface area contributed by atoms with Crippen molar-refractivity contribution in [3.05, 3.63) is 39.4 Å². The van der Waals surface area contributed by atoms with Crippen LogP contribution in [0.4, 0.5) is 18.6 Å². The van der Waals surface area contributed by atoms with Crippen LogP contribution in [-0.2, 0) is 11.4 Å². The van der Waals surface area contributed by atoms with Crippen molar-refractivity contribution < 1.29 is 38.1 Å². The number of hydrogen-bond acceptors (Lipinski definition) is 8. The Morgan fingerprint density at radius 1 is 1.18 bits per heavy atom. The number of nitrogens with two attached hydrogens (primary N) is 1. The summed E-state index contributed by atoms with van der Waals surface area (Å²) in [7, 11) is 0. The number of aliphatic hydroxyl groups excluding tert-OH is 2. The number of nitrogens with zero attached hydrogens (tertiary/aromatic N) is 2. The van der Waals surface area contributed by atoms with E-state index in [2.05, 4.69) is 30.9 Å². The number of primary amides is 1. The highest BCUT2D eigenvalue weighted by atomic mass is 79.9. The lowest BCUT2D eigenvalue weighted by molar-refractivity contribution is -0.133. The van der Waals surface area contributed by atoms with Gasteiger partial charge in [0.2, 0.25) is 11.8 Å². The fraction of sp³-hybridized carbons (Fsp3) is 0.478. The van der Waals surface area contributed by atoms with Crippen LogP contribution in [0.2, 0.25) is 0 Å². The number of rotatable bonds is 14. The first-order valence-corrected chi connectivity index (χ1v) is 13.3. The van der Waals surface area contributed by atoms with E-state index in [0.29, 0.717) is 24.6 Å². The number of urea groups is 1. The number of nitrogens with one attached hydrogen (secondary N) is 2. The first-order chi connectivity index (χ1) is 18.0. The molecule has 0 aliphatic rings. The number of carbonyl (C=O) groups is 3. The molecule has 0 aliphatic heterocycles. The van der Waals surface area contributed by atoms with E-state index in [1.165, 1.54) is 0 Å². The molecular formula is C23H30BrF2N5O6S. The van der Waals surface area contributed by atoms with E-state index in [9.17, 15) is 33.4 Å². The molecule has 210 valence electrons. The van der Waals surface area contributed by atoms with Crippen molar-refractivity contribution in [3.63, 3.8) is 0 Å². The Balaban J connectivity index is 1.87. The smallest absolute Gasteiger partial charge is 0.319 e. The molecule has 2 rings (SSSR count). The van der Waals surface area contributed by atoms with Gasteiger partial charge in [-0.15, -0.1) is 0 Å². The average Bonchev–Trinajstić information content (AvgIpc) is 3.21. The third kappa shape index (κ3) is 9.15. The van der Waals surface area contributed by atoms with Gasteiger partial charge in [-0.1, -0.05) is 15.9 Å². The van der Waals surface area contributed by atoms with Gasteiger partial charge in [-0.25, -0.2) is 13.6 Å². The van der Waals surface area contributed by atoms with Crippen molar-refractivity contribution in [1.29, 1.82) is 0 Å². The third-order valence-electron chi connectivity index (χ3n) is 5.43. The van der Waals surface area contributed by atoms with Crippen molar-refractivity contribution in [2.45, 2.75) is 51.9 Å². The lowest BCUT2D eigenvalue weighted by Crippen LogP contribution is -2.35. The van der Waals surface area contributed by atoms with E-state index < -0.39 is 42.4 Å². The Bertz CT molecular complexity index is 1110. The normalized spacial score (nSPS) is 12.5. The van der Waals surface area contributed by atoms with Gasteiger partial charge >= 0.3 is 6.03 Å². The van der Waals surface area contributed by atoms with Crippen molar-refractivity contribution in [2.24, 2.45) is 5.73 Å². The van der Waals surface area contributed by atoms with Crippen molar-refractivity contribution in [2.75, 3.05) is 25.0 Å². The number of halogens is 3. The molecule has 1 aromatic heterocycles. The lowest BCUT2D eigenvalue weighted by atomic mass is 10.1. The third-order valence-corrected chi connectivity index (χ3v) is 6.63. The highest BCUT2D eigenvalue weighted by Gasteiger charge is 2.23. The first-order valence-electron chi connectivity index (χ1n) is 11.7. The summed E-state index contributed by atoms with van der Waals surface area (Å²) in [6, 6.07) is 1.37. The summed E-state index contributed by atoms with van der Waals surface area (Å²) in [5.74, 6) is -3.23. The molecule has 0 spiro atoms. The van der Waals surface area contributed by atoms with E-state index in [1.54, 1.807) is 4.90 Å². The molecule has 0 saturated heterocycles.